The second kappa shape index (κ2) is 16.8. The van der Waals surface area contributed by atoms with E-state index in [1.165, 1.54) is 0 Å². The lowest BCUT2D eigenvalue weighted by Gasteiger charge is -2.15. The minimum atomic E-state index is -0.0463. The smallest absolute Gasteiger partial charge is 0.251 e. The summed E-state index contributed by atoms with van der Waals surface area (Å²) in [5.41, 5.74) is 4.74. The van der Waals surface area contributed by atoms with Crippen LogP contribution < -0.4 is 19.5 Å². The molecule has 0 heterocycles. The molecular weight excluding hydrogens is 502 g/mol. The minimum absolute atomic E-state index is 0.0463. The maximum Gasteiger partial charge on any atom is 0.251 e. The van der Waals surface area contributed by atoms with Crippen LogP contribution in [0.2, 0.25) is 0 Å². The van der Waals surface area contributed by atoms with Crippen molar-refractivity contribution in [2.75, 3.05) is 33.5 Å². The second-order valence-corrected chi connectivity index (χ2v) is 9.44. The second-order valence-electron chi connectivity index (χ2n) is 9.44. The number of amides is 1. The normalized spacial score (nSPS) is 10.6. The zero-order valence-corrected chi connectivity index (χ0v) is 23.7. The van der Waals surface area contributed by atoms with E-state index >= 15 is 0 Å². The lowest BCUT2D eigenvalue weighted by atomic mass is 10.0. The Kier molecular flexibility index (Phi) is 12.8. The van der Waals surface area contributed by atoms with Crippen molar-refractivity contribution in [2.45, 2.75) is 39.2 Å². The molecule has 0 saturated heterocycles. The Morgan fingerprint density at radius 2 is 1.52 bits per heavy atom. The van der Waals surface area contributed by atoms with Crippen LogP contribution in [0, 0.1) is 0 Å². The first-order valence-electron chi connectivity index (χ1n) is 13.8. The molecule has 6 heteroatoms. The van der Waals surface area contributed by atoms with Gasteiger partial charge in [0.1, 0.15) is 12.4 Å². The molecule has 0 spiro atoms. The first kappa shape index (κ1) is 30.5. The first-order valence-corrected chi connectivity index (χ1v) is 13.8. The molecular formula is C34H41NO5. The summed E-state index contributed by atoms with van der Waals surface area (Å²) in [7, 11) is 1.68. The molecule has 212 valence electrons. The highest BCUT2D eigenvalue weighted by Crippen LogP contribution is 2.30. The average Bonchev–Trinajstić information content (AvgIpc) is 3.00. The quantitative estimate of drug-likeness (QED) is 0.134. The van der Waals surface area contributed by atoms with Crippen LogP contribution in [0.1, 0.15) is 48.5 Å². The fourth-order valence-corrected chi connectivity index (χ4v) is 3.91. The van der Waals surface area contributed by atoms with Crippen LogP contribution in [0.25, 0.3) is 11.1 Å². The number of hydrogen-bond acceptors (Lipinski definition) is 5. The summed E-state index contributed by atoms with van der Waals surface area (Å²) in [6.45, 7) is 12.6. The van der Waals surface area contributed by atoms with Gasteiger partial charge in [0.25, 0.3) is 5.91 Å². The molecule has 0 unspecified atom stereocenters. The van der Waals surface area contributed by atoms with Gasteiger partial charge in [0.2, 0.25) is 0 Å². The van der Waals surface area contributed by atoms with Crippen LogP contribution in [0.4, 0.5) is 0 Å². The molecule has 3 aromatic carbocycles. The number of methoxy groups -OCH3 is 1. The van der Waals surface area contributed by atoms with E-state index in [0.29, 0.717) is 50.0 Å². The van der Waals surface area contributed by atoms with Gasteiger partial charge in [0.15, 0.2) is 11.5 Å². The van der Waals surface area contributed by atoms with Gasteiger partial charge >= 0.3 is 0 Å². The van der Waals surface area contributed by atoms with Gasteiger partial charge in [0.05, 0.1) is 13.2 Å². The summed E-state index contributed by atoms with van der Waals surface area (Å²) in [4.78, 5) is 12.1. The molecule has 0 radical (unpaired) electrons. The molecule has 3 aromatic rings. The molecule has 1 N–H and O–H groups in total. The standard InChI is InChI=1S/C34H41NO5/c1-5-20-35-34(36)30-13-11-28(12-14-30)29-15-17-31(18-16-29)40-25-27-10-19-32(38-23-8-21-37-4)33(24-27)39-22-7-9-26(3)6-2/h6,10-19,24H,2-3,5,7-9,20-23,25H2,1,4H3,(H,35,36). The van der Waals surface area contributed by atoms with Gasteiger partial charge in [-0.15, -0.1) is 0 Å². The number of carbonyl (C=O) groups excluding carboxylic acids is 1. The van der Waals surface area contributed by atoms with Gasteiger partial charge in [-0.25, -0.2) is 0 Å². The van der Waals surface area contributed by atoms with E-state index in [4.69, 9.17) is 18.9 Å². The third kappa shape index (κ3) is 9.93. The van der Waals surface area contributed by atoms with E-state index < -0.39 is 0 Å². The maximum atomic E-state index is 12.1. The third-order valence-electron chi connectivity index (χ3n) is 6.22. The zero-order valence-electron chi connectivity index (χ0n) is 23.7. The lowest BCUT2D eigenvalue weighted by Crippen LogP contribution is -2.23. The number of allylic oxidation sites excluding steroid dienone is 2. The molecule has 3 rings (SSSR count). The van der Waals surface area contributed by atoms with Crippen molar-refractivity contribution in [3.8, 4) is 28.4 Å². The topological polar surface area (TPSA) is 66.0 Å². The summed E-state index contributed by atoms with van der Waals surface area (Å²) in [6.07, 6.45) is 5.17. The average molecular weight is 544 g/mol. The fraction of sp³-hybridized carbons (Fsp3) is 0.324. The van der Waals surface area contributed by atoms with Crippen molar-refractivity contribution in [3.05, 3.63) is 103 Å². The molecule has 0 fully saturated rings. The van der Waals surface area contributed by atoms with Crippen molar-refractivity contribution < 1.29 is 23.7 Å². The van der Waals surface area contributed by atoms with Crippen molar-refractivity contribution in [1.29, 1.82) is 0 Å². The van der Waals surface area contributed by atoms with Gasteiger partial charge in [-0.3, -0.25) is 4.79 Å². The third-order valence-corrected chi connectivity index (χ3v) is 6.22. The molecule has 0 aliphatic rings. The van der Waals surface area contributed by atoms with Crippen molar-refractivity contribution in [3.63, 3.8) is 0 Å². The summed E-state index contributed by atoms with van der Waals surface area (Å²) in [5.74, 6) is 2.13. The van der Waals surface area contributed by atoms with Crippen LogP contribution in [-0.2, 0) is 11.3 Å². The van der Waals surface area contributed by atoms with Crippen LogP contribution in [0.15, 0.2) is 91.5 Å². The van der Waals surface area contributed by atoms with Crippen molar-refractivity contribution in [1.82, 2.24) is 5.32 Å². The molecule has 0 aliphatic carbocycles. The Morgan fingerprint density at radius 1 is 0.850 bits per heavy atom. The predicted molar refractivity (Wildman–Crippen MR) is 161 cm³/mol. The van der Waals surface area contributed by atoms with Crippen LogP contribution >= 0.6 is 0 Å². The summed E-state index contributed by atoms with van der Waals surface area (Å²) < 4.78 is 23.2. The zero-order chi connectivity index (χ0) is 28.6. The van der Waals surface area contributed by atoms with Gasteiger partial charge in [0, 0.05) is 32.2 Å². The van der Waals surface area contributed by atoms with Gasteiger partial charge in [-0.2, -0.15) is 0 Å². The Morgan fingerprint density at radius 3 is 2.20 bits per heavy atom. The number of hydrogen-bond donors (Lipinski definition) is 1. The van der Waals surface area contributed by atoms with E-state index in [9.17, 15) is 4.79 Å². The highest BCUT2D eigenvalue weighted by molar-refractivity contribution is 5.94. The Hall–Kier alpha value is -4.03. The monoisotopic (exact) mass is 543 g/mol. The first-order chi connectivity index (χ1) is 19.5. The van der Waals surface area contributed by atoms with Gasteiger partial charge in [-0.1, -0.05) is 62.1 Å². The molecule has 1 amide bonds. The molecule has 6 nitrogen and oxygen atoms in total. The Labute approximate surface area is 238 Å². The van der Waals surface area contributed by atoms with Crippen molar-refractivity contribution in [2.24, 2.45) is 0 Å². The molecule has 0 saturated carbocycles. The molecule has 0 aliphatic heterocycles. The minimum Gasteiger partial charge on any atom is -0.490 e. The number of benzene rings is 3. The highest BCUT2D eigenvalue weighted by Gasteiger charge is 2.09. The highest BCUT2D eigenvalue weighted by atomic mass is 16.5. The molecule has 0 bridgehead atoms. The molecule has 0 atom stereocenters. The lowest BCUT2D eigenvalue weighted by molar-refractivity contribution is 0.0953. The molecule has 40 heavy (non-hydrogen) atoms. The van der Waals surface area contributed by atoms with E-state index in [1.54, 1.807) is 13.2 Å². The van der Waals surface area contributed by atoms with Crippen molar-refractivity contribution >= 4 is 5.91 Å². The largest absolute Gasteiger partial charge is 0.490 e. The number of rotatable bonds is 18. The predicted octanol–water partition coefficient (Wildman–Crippen LogP) is 7.39. The van der Waals surface area contributed by atoms with Gasteiger partial charge < -0.3 is 24.3 Å². The van der Waals surface area contributed by atoms with E-state index in [0.717, 1.165) is 53.7 Å². The van der Waals surface area contributed by atoms with E-state index in [-0.39, 0.29) is 5.91 Å². The fourth-order valence-electron chi connectivity index (χ4n) is 3.91. The molecule has 0 aromatic heterocycles. The van der Waals surface area contributed by atoms with Crippen LogP contribution in [0.5, 0.6) is 17.2 Å². The SMILES string of the molecule is C=CC(=C)CCCOc1cc(COc2ccc(-c3ccc(C(=O)NCCC)cc3)cc2)ccc1OCCCOC. The summed E-state index contributed by atoms with van der Waals surface area (Å²) in [5, 5.41) is 2.90. The Bertz CT molecular complexity index is 1220. The van der Waals surface area contributed by atoms with E-state index in [2.05, 4.69) is 18.5 Å². The van der Waals surface area contributed by atoms with Gasteiger partial charge in [-0.05, 0) is 72.4 Å². The van der Waals surface area contributed by atoms with Crippen LogP contribution in [-0.4, -0.2) is 39.4 Å². The van der Waals surface area contributed by atoms with Crippen LogP contribution in [0.3, 0.4) is 0 Å². The summed E-state index contributed by atoms with van der Waals surface area (Å²) in [6, 6.07) is 21.5. The number of carbonyl (C=O) groups is 1. The maximum absolute atomic E-state index is 12.1. The number of ether oxygens (including phenoxy) is 4. The summed E-state index contributed by atoms with van der Waals surface area (Å²) >= 11 is 0. The van der Waals surface area contributed by atoms with E-state index in [1.807, 2.05) is 73.7 Å². The Balaban J connectivity index is 1.59. The number of nitrogens with one attached hydrogen (secondary N) is 1.